The molecule has 0 saturated carbocycles. The van der Waals surface area contributed by atoms with E-state index in [1.807, 2.05) is 0 Å². The van der Waals surface area contributed by atoms with Crippen LogP contribution in [0.4, 0.5) is 8.78 Å². The van der Waals surface area contributed by atoms with E-state index in [9.17, 15) is 13.6 Å². The minimum atomic E-state index is -1.13. The molecule has 0 saturated heterocycles. The maximum Gasteiger partial charge on any atom is 0.305 e. The van der Waals surface area contributed by atoms with Crippen LogP contribution in [0.5, 0.6) is 0 Å². The second-order valence-electron chi connectivity index (χ2n) is 3.00. The van der Waals surface area contributed by atoms with E-state index in [-0.39, 0.29) is 16.5 Å². The number of nitrogens with two attached hydrogens (primary N) is 1. The van der Waals surface area contributed by atoms with Gasteiger partial charge in [0.25, 0.3) is 0 Å². The van der Waals surface area contributed by atoms with Gasteiger partial charge in [0, 0.05) is 12.1 Å². The Kier molecular flexibility index (Phi) is 3.76. The second-order valence-corrected chi connectivity index (χ2v) is 3.79. The number of benzene rings is 1. The molecule has 0 amide bonds. The number of halogens is 3. The van der Waals surface area contributed by atoms with Crippen LogP contribution in [0.2, 0.25) is 0 Å². The lowest BCUT2D eigenvalue weighted by atomic mass is 10.0. The Morgan fingerprint density at radius 2 is 2.13 bits per heavy atom. The van der Waals surface area contributed by atoms with Gasteiger partial charge in [0.05, 0.1) is 10.9 Å². The summed E-state index contributed by atoms with van der Waals surface area (Å²) in [6, 6.07) is 0.768. The zero-order chi connectivity index (χ0) is 11.6. The highest BCUT2D eigenvalue weighted by Gasteiger charge is 2.17. The van der Waals surface area contributed by atoms with Crippen LogP contribution in [0, 0.1) is 11.6 Å². The molecule has 0 fully saturated rings. The van der Waals surface area contributed by atoms with Gasteiger partial charge in [-0.15, -0.1) is 0 Å². The summed E-state index contributed by atoms with van der Waals surface area (Å²) in [4.78, 5) is 10.4. The molecule has 0 radical (unpaired) electrons. The van der Waals surface area contributed by atoms with Crippen molar-refractivity contribution in [1.29, 1.82) is 0 Å². The van der Waals surface area contributed by atoms with Crippen molar-refractivity contribution in [2.75, 3.05) is 0 Å². The quantitative estimate of drug-likeness (QED) is 0.834. The first-order valence-corrected chi connectivity index (χ1v) is 4.83. The van der Waals surface area contributed by atoms with E-state index >= 15 is 0 Å². The van der Waals surface area contributed by atoms with Gasteiger partial charge in [0.15, 0.2) is 0 Å². The number of aliphatic carboxylic acids is 1. The molecule has 0 spiro atoms. The maximum absolute atomic E-state index is 13.0. The van der Waals surface area contributed by atoms with E-state index < -0.39 is 23.6 Å². The smallest absolute Gasteiger partial charge is 0.305 e. The van der Waals surface area contributed by atoms with Crippen molar-refractivity contribution < 1.29 is 18.7 Å². The molecule has 0 aromatic heterocycles. The van der Waals surface area contributed by atoms with Crippen molar-refractivity contribution in [2.24, 2.45) is 5.73 Å². The third-order valence-electron chi connectivity index (χ3n) is 1.82. The summed E-state index contributed by atoms with van der Waals surface area (Å²) < 4.78 is 25.9. The normalized spacial score (nSPS) is 12.5. The fourth-order valence-corrected chi connectivity index (χ4v) is 1.67. The summed E-state index contributed by atoms with van der Waals surface area (Å²) in [6.45, 7) is 0. The van der Waals surface area contributed by atoms with E-state index in [0.29, 0.717) is 6.07 Å². The SMILES string of the molecule is NC(CC(=O)O)c1cc(F)cc(F)c1Br. The lowest BCUT2D eigenvalue weighted by Crippen LogP contribution is -2.16. The van der Waals surface area contributed by atoms with E-state index in [1.54, 1.807) is 0 Å². The minimum Gasteiger partial charge on any atom is -0.481 e. The summed E-state index contributed by atoms with van der Waals surface area (Å²) >= 11 is 2.89. The standard InChI is InChI=1S/C9H8BrF2NO2/c10-9-5(7(13)3-8(14)15)1-4(11)2-6(9)12/h1-2,7H,3,13H2,(H,14,15). The highest BCUT2D eigenvalue weighted by molar-refractivity contribution is 9.10. The van der Waals surface area contributed by atoms with Gasteiger partial charge in [-0.25, -0.2) is 8.78 Å². The highest BCUT2D eigenvalue weighted by atomic mass is 79.9. The van der Waals surface area contributed by atoms with Crippen LogP contribution in [0.1, 0.15) is 18.0 Å². The average molecular weight is 280 g/mol. The van der Waals surface area contributed by atoms with Crippen LogP contribution in [0.15, 0.2) is 16.6 Å². The van der Waals surface area contributed by atoms with Gasteiger partial charge in [-0.1, -0.05) is 0 Å². The van der Waals surface area contributed by atoms with Crippen molar-refractivity contribution >= 4 is 21.9 Å². The predicted molar refractivity (Wildman–Crippen MR) is 53.2 cm³/mol. The fourth-order valence-electron chi connectivity index (χ4n) is 1.14. The zero-order valence-corrected chi connectivity index (χ0v) is 9.09. The third-order valence-corrected chi connectivity index (χ3v) is 2.65. The number of hydrogen-bond donors (Lipinski definition) is 2. The van der Waals surface area contributed by atoms with Crippen LogP contribution in [0.3, 0.4) is 0 Å². The topological polar surface area (TPSA) is 63.3 Å². The Labute approximate surface area is 93.0 Å². The molecule has 0 aliphatic carbocycles. The van der Waals surface area contributed by atoms with Crippen LogP contribution in [-0.2, 0) is 4.79 Å². The zero-order valence-electron chi connectivity index (χ0n) is 7.51. The Morgan fingerprint density at radius 3 is 2.67 bits per heavy atom. The number of carboxylic acids is 1. The number of hydrogen-bond acceptors (Lipinski definition) is 2. The first-order chi connectivity index (χ1) is 6.91. The number of rotatable bonds is 3. The molecule has 1 atom stereocenters. The van der Waals surface area contributed by atoms with Crippen molar-refractivity contribution in [3.05, 3.63) is 33.8 Å². The van der Waals surface area contributed by atoms with Gasteiger partial charge in [-0.2, -0.15) is 0 Å². The van der Waals surface area contributed by atoms with Crippen molar-refractivity contribution in [3.8, 4) is 0 Å². The Bertz CT molecular complexity index is 398. The first kappa shape index (κ1) is 12.1. The molecule has 3 nitrogen and oxygen atoms in total. The maximum atomic E-state index is 13.0. The average Bonchev–Trinajstić information content (AvgIpc) is 2.09. The fraction of sp³-hybridized carbons (Fsp3) is 0.222. The van der Waals surface area contributed by atoms with E-state index in [0.717, 1.165) is 6.07 Å². The summed E-state index contributed by atoms with van der Waals surface area (Å²) in [5, 5.41) is 8.49. The van der Waals surface area contributed by atoms with E-state index in [2.05, 4.69) is 15.9 Å². The van der Waals surface area contributed by atoms with Gasteiger partial charge in [0.1, 0.15) is 11.6 Å². The van der Waals surface area contributed by atoms with Crippen molar-refractivity contribution in [2.45, 2.75) is 12.5 Å². The summed E-state index contributed by atoms with van der Waals surface area (Å²) in [6.07, 6.45) is -0.387. The highest BCUT2D eigenvalue weighted by Crippen LogP contribution is 2.27. The van der Waals surface area contributed by atoms with Gasteiger partial charge >= 0.3 is 5.97 Å². The molecule has 82 valence electrons. The Morgan fingerprint density at radius 1 is 1.53 bits per heavy atom. The molecule has 15 heavy (non-hydrogen) atoms. The molecular weight excluding hydrogens is 272 g/mol. The molecule has 6 heteroatoms. The Balaban J connectivity index is 3.07. The number of carboxylic acid groups (broad SMARTS) is 1. The van der Waals surface area contributed by atoms with Gasteiger partial charge in [-0.3, -0.25) is 4.79 Å². The van der Waals surface area contributed by atoms with Gasteiger partial charge < -0.3 is 10.8 Å². The summed E-state index contributed by atoms with van der Waals surface area (Å²) in [7, 11) is 0. The molecule has 1 rings (SSSR count). The summed E-state index contributed by atoms with van der Waals surface area (Å²) in [5.41, 5.74) is 5.60. The molecule has 1 aromatic rings. The van der Waals surface area contributed by atoms with Crippen molar-refractivity contribution in [1.82, 2.24) is 0 Å². The monoisotopic (exact) mass is 279 g/mol. The lowest BCUT2D eigenvalue weighted by Gasteiger charge is -2.12. The molecule has 1 aromatic carbocycles. The van der Waals surface area contributed by atoms with Crippen LogP contribution < -0.4 is 5.73 Å². The second kappa shape index (κ2) is 4.67. The molecule has 0 bridgehead atoms. The number of carbonyl (C=O) groups is 1. The molecule has 0 aliphatic rings. The Hall–Kier alpha value is -1.01. The summed E-state index contributed by atoms with van der Waals surface area (Å²) in [5.74, 6) is -2.71. The molecule has 3 N–H and O–H groups in total. The van der Waals surface area contributed by atoms with Crippen LogP contribution >= 0.6 is 15.9 Å². The largest absolute Gasteiger partial charge is 0.481 e. The van der Waals surface area contributed by atoms with Gasteiger partial charge in [0.2, 0.25) is 0 Å². The molecule has 1 unspecified atom stereocenters. The van der Waals surface area contributed by atoms with Crippen LogP contribution in [-0.4, -0.2) is 11.1 Å². The molecule has 0 aliphatic heterocycles. The molecule has 0 heterocycles. The first-order valence-electron chi connectivity index (χ1n) is 4.03. The van der Waals surface area contributed by atoms with Crippen LogP contribution in [0.25, 0.3) is 0 Å². The molecular formula is C9H8BrF2NO2. The van der Waals surface area contributed by atoms with E-state index in [4.69, 9.17) is 10.8 Å². The van der Waals surface area contributed by atoms with Crippen molar-refractivity contribution in [3.63, 3.8) is 0 Å². The predicted octanol–water partition coefficient (Wildman–Crippen LogP) is 2.20. The lowest BCUT2D eigenvalue weighted by molar-refractivity contribution is -0.137. The minimum absolute atomic E-state index is 0.00218. The van der Waals surface area contributed by atoms with Gasteiger partial charge in [-0.05, 0) is 27.6 Å². The third kappa shape index (κ3) is 2.97. The van der Waals surface area contributed by atoms with E-state index in [1.165, 1.54) is 0 Å².